The summed E-state index contributed by atoms with van der Waals surface area (Å²) in [6.45, 7) is 0.641. The van der Waals surface area contributed by atoms with Gasteiger partial charge in [0.25, 0.3) is 0 Å². The zero-order valence-corrected chi connectivity index (χ0v) is 13.1. The van der Waals surface area contributed by atoms with E-state index < -0.39 is 9.84 Å². The Hall–Kier alpha value is -0.950. The van der Waals surface area contributed by atoms with E-state index in [0.29, 0.717) is 24.7 Å². The van der Waals surface area contributed by atoms with Crippen LogP contribution in [0.5, 0.6) is 0 Å². The third-order valence-electron chi connectivity index (χ3n) is 4.95. The molecule has 0 bridgehead atoms. The number of nitrogens with two attached hydrogens (primary N) is 1. The van der Waals surface area contributed by atoms with Crippen LogP contribution < -0.4 is 5.73 Å². The van der Waals surface area contributed by atoms with Gasteiger partial charge in [-0.2, -0.15) is 4.98 Å². The van der Waals surface area contributed by atoms with E-state index in [2.05, 4.69) is 10.1 Å². The Morgan fingerprint density at radius 2 is 2.05 bits per heavy atom. The quantitative estimate of drug-likeness (QED) is 0.902. The molecule has 2 aliphatic rings. The summed E-state index contributed by atoms with van der Waals surface area (Å²) in [6.07, 6.45) is 7.23. The van der Waals surface area contributed by atoms with Crippen molar-refractivity contribution in [1.82, 2.24) is 10.1 Å². The Balaban J connectivity index is 1.70. The molecule has 0 aromatic carbocycles. The molecule has 1 saturated carbocycles. The molecule has 6 nitrogen and oxygen atoms in total. The largest absolute Gasteiger partial charge is 0.339 e. The van der Waals surface area contributed by atoms with Gasteiger partial charge in [-0.15, -0.1) is 0 Å². The summed E-state index contributed by atoms with van der Waals surface area (Å²) < 4.78 is 28.4. The fourth-order valence-electron chi connectivity index (χ4n) is 3.58. The molecule has 21 heavy (non-hydrogen) atoms. The highest BCUT2D eigenvalue weighted by Crippen LogP contribution is 2.38. The lowest BCUT2D eigenvalue weighted by molar-refractivity contribution is 0.177. The second-order valence-electron chi connectivity index (χ2n) is 6.59. The maximum Gasteiger partial charge on any atom is 0.227 e. The second kappa shape index (κ2) is 5.68. The maximum atomic E-state index is 11.5. The van der Waals surface area contributed by atoms with Crippen LogP contribution in [0.15, 0.2) is 4.52 Å². The summed E-state index contributed by atoms with van der Waals surface area (Å²) in [5.41, 5.74) is 6.07. The van der Waals surface area contributed by atoms with Crippen molar-refractivity contribution in [1.29, 1.82) is 0 Å². The zero-order valence-electron chi connectivity index (χ0n) is 12.3. The molecule has 0 radical (unpaired) electrons. The molecule has 1 aliphatic carbocycles. The molecular weight excluding hydrogens is 290 g/mol. The van der Waals surface area contributed by atoms with Crippen LogP contribution in [0.2, 0.25) is 0 Å². The minimum Gasteiger partial charge on any atom is -0.339 e. The normalized spacial score (nSPS) is 27.8. The van der Waals surface area contributed by atoms with Crippen molar-refractivity contribution in [2.75, 3.05) is 18.1 Å². The van der Waals surface area contributed by atoms with Crippen LogP contribution in [0.1, 0.15) is 56.2 Å². The fraction of sp³-hybridized carbons (Fsp3) is 0.857. The van der Waals surface area contributed by atoms with Gasteiger partial charge in [0.05, 0.1) is 11.5 Å². The molecule has 2 heterocycles. The first-order valence-electron chi connectivity index (χ1n) is 7.75. The summed E-state index contributed by atoms with van der Waals surface area (Å²) in [5, 5.41) is 4.00. The summed E-state index contributed by atoms with van der Waals surface area (Å²) in [4.78, 5) is 4.45. The first-order chi connectivity index (χ1) is 10.0. The molecule has 2 fully saturated rings. The predicted octanol–water partition coefficient (Wildman–Crippen LogP) is 1.42. The number of hydrogen-bond donors (Lipinski definition) is 1. The highest BCUT2D eigenvalue weighted by Gasteiger charge is 2.35. The summed E-state index contributed by atoms with van der Waals surface area (Å²) in [5.74, 6) is 1.44. The number of rotatable bonds is 4. The van der Waals surface area contributed by atoms with Crippen molar-refractivity contribution in [3.63, 3.8) is 0 Å². The lowest BCUT2D eigenvalue weighted by Crippen LogP contribution is -2.35. The molecule has 1 saturated heterocycles. The van der Waals surface area contributed by atoms with Gasteiger partial charge in [-0.25, -0.2) is 8.42 Å². The first kappa shape index (κ1) is 15.0. The Kier molecular flexibility index (Phi) is 4.05. The van der Waals surface area contributed by atoms with Gasteiger partial charge in [-0.3, -0.25) is 0 Å². The molecule has 0 amide bonds. The molecule has 1 unspecified atom stereocenters. The molecule has 1 atom stereocenters. The van der Waals surface area contributed by atoms with Crippen molar-refractivity contribution < 1.29 is 12.9 Å². The molecular formula is C14H23N3O3S. The zero-order chi connectivity index (χ0) is 14.9. The van der Waals surface area contributed by atoms with E-state index in [-0.39, 0.29) is 22.8 Å². The van der Waals surface area contributed by atoms with E-state index >= 15 is 0 Å². The Morgan fingerprint density at radius 3 is 2.67 bits per heavy atom. The van der Waals surface area contributed by atoms with Gasteiger partial charge in [-0.1, -0.05) is 24.4 Å². The summed E-state index contributed by atoms with van der Waals surface area (Å²) in [7, 11) is -2.92. The van der Waals surface area contributed by atoms with Crippen LogP contribution in [0.4, 0.5) is 0 Å². The topological polar surface area (TPSA) is 99.1 Å². The van der Waals surface area contributed by atoms with Crippen LogP contribution in [-0.2, 0) is 16.3 Å². The average molecular weight is 313 g/mol. The van der Waals surface area contributed by atoms with E-state index in [9.17, 15) is 8.42 Å². The van der Waals surface area contributed by atoms with Gasteiger partial charge < -0.3 is 10.3 Å². The van der Waals surface area contributed by atoms with Crippen LogP contribution in [0.3, 0.4) is 0 Å². The minimum atomic E-state index is -2.92. The van der Waals surface area contributed by atoms with E-state index in [1.165, 1.54) is 19.3 Å². The summed E-state index contributed by atoms with van der Waals surface area (Å²) in [6, 6.07) is 0. The van der Waals surface area contributed by atoms with Gasteiger partial charge in [0.15, 0.2) is 15.7 Å². The van der Waals surface area contributed by atoms with Crippen molar-refractivity contribution >= 4 is 9.84 Å². The third kappa shape index (κ3) is 3.29. The Bertz CT molecular complexity index is 590. The SMILES string of the molecule is NCC1(Cc2nc(C3CCS(=O)(=O)C3)no2)CCCCC1. The highest BCUT2D eigenvalue weighted by atomic mass is 32.2. The van der Waals surface area contributed by atoms with Crippen molar-refractivity contribution in [3.05, 3.63) is 11.7 Å². The molecule has 0 spiro atoms. The van der Waals surface area contributed by atoms with Crippen LogP contribution in [-0.4, -0.2) is 36.6 Å². The lowest BCUT2D eigenvalue weighted by Gasteiger charge is -2.34. The van der Waals surface area contributed by atoms with Crippen LogP contribution >= 0.6 is 0 Å². The summed E-state index contributed by atoms with van der Waals surface area (Å²) >= 11 is 0. The molecule has 3 rings (SSSR count). The minimum absolute atomic E-state index is 0.0871. The average Bonchev–Trinajstić information content (AvgIpc) is 3.06. The Labute approximate surface area is 125 Å². The fourth-order valence-corrected chi connectivity index (χ4v) is 5.32. The van der Waals surface area contributed by atoms with Gasteiger partial charge in [0, 0.05) is 12.3 Å². The predicted molar refractivity (Wildman–Crippen MR) is 78.6 cm³/mol. The molecule has 1 aliphatic heterocycles. The van der Waals surface area contributed by atoms with Gasteiger partial charge >= 0.3 is 0 Å². The molecule has 1 aromatic rings. The molecule has 2 N–H and O–H groups in total. The third-order valence-corrected chi connectivity index (χ3v) is 6.72. The van der Waals surface area contributed by atoms with Crippen LogP contribution in [0, 0.1) is 5.41 Å². The smallest absolute Gasteiger partial charge is 0.227 e. The number of hydrogen-bond acceptors (Lipinski definition) is 6. The van der Waals surface area contributed by atoms with E-state index in [4.69, 9.17) is 10.3 Å². The molecule has 7 heteroatoms. The van der Waals surface area contributed by atoms with Gasteiger partial charge in [0.2, 0.25) is 5.89 Å². The Morgan fingerprint density at radius 1 is 1.29 bits per heavy atom. The van der Waals surface area contributed by atoms with Crippen LogP contribution in [0.25, 0.3) is 0 Å². The number of nitrogens with zero attached hydrogens (tertiary/aromatic N) is 2. The maximum absolute atomic E-state index is 11.5. The van der Waals surface area contributed by atoms with E-state index in [1.807, 2.05) is 0 Å². The van der Waals surface area contributed by atoms with E-state index in [0.717, 1.165) is 19.3 Å². The lowest BCUT2D eigenvalue weighted by atomic mass is 9.72. The van der Waals surface area contributed by atoms with Crippen molar-refractivity contribution in [2.45, 2.75) is 50.9 Å². The van der Waals surface area contributed by atoms with E-state index in [1.54, 1.807) is 0 Å². The molecule has 1 aromatic heterocycles. The second-order valence-corrected chi connectivity index (χ2v) is 8.82. The molecule has 118 valence electrons. The van der Waals surface area contributed by atoms with Gasteiger partial charge in [0.1, 0.15) is 0 Å². The van der Waals surface area contributed by atoms with Gasteiger partial charge in [-0.05, 0) is 31.2 Å². The van der Waals surface area contributed by atoms with Crippen molar-refractivity contribution in [2.24, 2.45) is 11.1 Å². The number of aromatic nitrogens is 2. The monoisotopic (exact) mass is 313 g/mol. The standard InChI is InChI=1S/C14H23N3O3S/c15-10-14(5-2-1-3-6-14)8-12-16-13(17-20-12)11-4-7-21(18,19)9-11/h11H,1-10,15H2. The highest BCUT2D eigenvalue weighted by molar-refractivity contribution is 7.91. The number of sulfone groups is 1. The first-order valence-corrected chi connectivity index (χ1v) is 9.57. The van der Waals surface area contributed by atoms with Crippen molar-refractivity contribution in [3.8, 4) is 0 Å².